The van der Waals surface area contributed by atoms with Gasteiger partial charge >= 0.3 is 12.0 Å². The highest BCUT2D eigenvalue weighted by atomic mass is 32.1. The van der Waals surface area contributed by atoms with Crippen LogP contribution < -0.4 is 16.4 Å². The minimum Gasteiger partial charge on any atom is -0.480 e. The third-order valence-corrected chi connectivity index (χ3v) is 4.15. The number of thiazole rings is 1. The molecule has 1 aromatic heterocycles. The Morgan fingerprint density at radius 3 is 2.67 bits per heavy atom. The quantitative estimate of drug-likeness (QED) is 0.627. The van der Waals surface area contributed by atoms with E-state index >= 15 is 0 Å². The van der Waals surface area contributed by atoms with Crippen LogP contribution in [0.1, 0.15) is 29.8 Å². The van der Waals surface area contributed by atoms with E-state index in [0.29, 0.717) is 5.13 Å². The van der Waals surface area contributed by atoms with Crippen molar-refractivity contribution in [2.24, 2.45) is 5.73 Å². The molecule has 1 heterocycles. The summed E-state index contributed by atoms with van der Waals surface area (Å²) in [6.45, 7) is 0. The van der Waals surface area contributed by atoms with Gasteiger partial charge in [0.2, 0.25) is 5.91 Å². The molecule has 0 saturated carbocycles. The molecule has 0 aliphatic heterocycles. The monoisotopic (exact) mass is 312 g/mol. The Kier molecular flexibility index (Phi) is 4.73. The average molecular weight is 312 g/mol. The van der Waals surface area contributed by atoms with Crippen LogP contribution in [-0.4, -0.2) is 34.0 Å². The predicted molar refractivity (Wildman–Crippen MR) is 76.1 cm³/mol. The Morgan fingerprint density at radius 2 is 2.05 bits per heavy atom. The molecule has 0 aromatic carbocycles. The first-order chi connectivity index (χ1) is 9.95. The maximum atomic E-state index is 11.8. The van der Waals surface area contributed by atoms with Gasteiger partial charge in [-0.15, -0.1) is 11.3 Å². The molecule has 114 valence electrons. The van der Waals surface area contributed by atoms with Crippen LogP contribution >= 0.6 is 11.3 Å². The topological polar surface area (TPSA) is 134 Å². The van der Waals surface area contributed by atoms with Crippen molar-refractivity contribution in [3.05, 3.63) is 10.6 Å². The van der Waals surface area contributed by atoms with Gasteiger partial charge in [-0.25, -0.2) is 14.6 Å². The fraction of sp³-hybridized carbons (Fsp3) is 0.500. The van der Waals surface area contributed by atoms with Crippen LogP contribution in [0.5, 0.6) is 0 Å². The van der Waals surface area contributed by atoms with Crippen molar-refractivity contribution in [2.75, 3.05) is 5.32 Å². The largest absolute Gasteiger partial charge is 0.480 e. The third kappa shape index (κ3) is 4.15. The molecule has 5 N–H and O–H groups in total. The lowest BCUT2D eigenvalue weighted by Gasteiger charge is -2.12. The van der Waals surface area contributed by atoms with E-state index in [4.69, 9.17) is 10.8 Å². The number of carbonyl (C=O) groups is 3. The zero-order valence-corrected chi connectivity index (χ0v) is 12.0. The summed E-state index contributed by atoms with van der Waals surface area (Å²) in [4.78, 5) is 38.9. The molecule has 0 saturated heterocycles. The van der Waals surface area contributed by atoms with Crippen molar-refractivity contribution in [3.8, 4) is 0 Å². The van der Waals surface area contributed by atoms with Crippen LogP contribution in [0.3, 0.4) is 0 Å². The molecule has 3 amide bonds. The summed E-state index contributed by atoms with van der Waals surface area (Å²) in [6, 6.07) is -2.06. The second-order valence-electron chi connectivity index (χ2n) is 4.76. The highest BCUT2D eigenvalue weighted by Gasteiger charge is 2.23. The molecule has 0 spiro atoms. The second-order valence-corrected chi connectivity index (χ2v) is 5.84. The summed E-state index contributed by atoms with van der Waals surface area (Å²) in [5.74, 6) is -2.12. The normalized spacial score (nSPS) is 14.9. The Hall–Kier alpha value is -2.16. The van der Waals surface area contributed by atoms with Crippen LogP contribution in [0.2, 0.25) is 0 Å². The average Bonchev–Trinajstić information content (AvgIpc) is 2.79. The van der Waals surface area contributed by atoms with Crippen molar-refractivity contribution >= 4 is 34.4 Å². The molecule has 9 heteroatoms. The number of urea groups is 1. The number of carbonyl (C=O) groups excluding carboxylic acids is 2. The number of nitrogens with one attached hydrogen (secondary N) is 2. The molecular weight excluding hydrogens is 296 g/mol. The molecule has 1 aliphatic rings. The summed E-state index contributed by atoms with van der Waals surface area (Å²) in [5.41, 5.74) is 5.94. The summed E-state index contributed by atoms with van der Waals surface area (Å²) in [7, 11) is 0. The van der Waals surface area contributed by atoms with E-state index in [0.717, 1.165) is 36.3 Å². The molecule has 21 heavy (non-hydrogen) atoms. The first-order valence-electron chi connectivity index (χ1n) is 6.53. The first-order valence-corrected chi connectivity index (χ1v) is 7.34. The number of hydrogen-bond acceptors (Lipinski definition) is 5. The van der Waals surface area contributed by atoms with Crippen molar-refractivity contribution < 1.29 is 19.5 Å². The van der Waals surface area contributed by atoms with Crippen molar-refractivity contribution in [1.82, 2.24) is 10.3 Å². The molecular formula is C12H16N4O4S. The van der Waals surface area contributed by atoms with Crippen LogP contribution in [-0.2, 0) is 22.4 Å². The molecule has 1 aromatic rings. The van der Waals surface area contributed by atoms with Crippen molar-refractivity contribution in [1.29, 1.82) is 0 Å². The zero-order valence-electron chi connectivity index (χ0n) is 11.2. The Bertz CT molecular complexity index is 548. The van der Waals surface area contributed by atoms with Crippen LogP contribution in [0.15, 0.2) is 0 Å². The zero-order chi connectivity index (χ0) is 15.4. The highest BCUT2D eigenvalue weighted by Crippen LogP contribution is 2.29. The number of rotatable bonds is 5. The lowest BCUT2D eigenvalue weighted by molar-refractivity contribution is -0.140. The number of aryl methyl sites for hydroxylation is 2. The van der Waals surface area contributed by atoms with E-state index in [-0.39, 0.29) is 0 Å². The lowest BCUT2D eigenvalue weighted by atomic mass is 10.0. The van der Waals surface area contributed by atoms with E-state index in [1.54, 1.807) is 0 Å². The third-order valence-electron chi connectivity index (χ3n) is 3.07. The molecule has 0 fully saturated rings. The SMILES string of the molecule is NC(=O)C[C@H](NC(=O)Nc1nc2c(s1)CCCC2)C(=O)O. The van der Waals surface area contributed by atoms with Crippen LogP contribution in [0.4, 0.5) is 9.93 Å². The minimum atomic E-state index is -1.35. The molecule has 0 bridgehead atoms. The number of carboxylic acid groups (broad SMARTS) is 1. The van der Waals surface area contributed by atoms with Crippen molar-refractivity contribution in [2.45, 2.75) is 38.1 Å². The second kappa shape index (κ2) is 6.53. The lowest BCUT2D eigenvalue weighted by Crippen LogP contribution is -2.45. The number of fused-ring (bicyclic) bond motifs is 1. The van der Waals surface area contributed by atoms with E-state index in [2.05, 4.69) is 15.6 Å². The van der Waals surface area contributed by atoms with Crippen LogP contribution in [0.25, 0.3) is 0 Å². The fourth-order valence-electron chi connectivity index (χ4n) is 2.10. The molecule has 0 radical (unpaired) electrons. The summed E-state index contributed by atoms with van der Waals surface area (Å²) in [5, 5.41) is 14.0. The van der Waals surface area contributed by atoms with Gasteiger partial charge in [0.1, 0.15) is 6.04 Å². The van der Waals surface area contributed by atoms with E-state index in [1.165, 1.54) is 11.3 Å². The van der Waals surface area contributed by atoms with Gasteiger partial charge in [0.05, 0.1) is 12.1 Å². The van der Waals surface area contributed by atoms with E-state index in [9.17, 15) is 14.4 Å². The Balaban J connectivity index is 1.95. The summed E-state index contributed by atoms with van der Waals surface area (Å²) >= 11 is 1.39. The number of amides is 3. The van der Waals surface area contributed by atoms with Gasteiger partial charge < -0.3 is 16.2 Å². The Labute approximate surface area is 124 Å². The first kappa shape index (κ1) is 15.2. The molecule has 8 nitrogen and oxygen atoms in total. The van der Waals surface area contributed by atoms with Gasteiger partial charge in [0.15, 0.2) is 5.13 Å². The predicted octanol–water partition coefficient (Wildman–Crippen LogP) is 0.472. The van der Waals surface area contributed by atoms with Crippen LogP contribution in [0, 0.1) is 0 Å². The maximum absolute atomic E-state index is 11.8. The van der Waals surface area contributed by atoms with Gasteiger partial charge in [-0.3, -0.25) is 10.1 Å². The van der Waals surface area contributed by atoms with E-state index in [1.807, 2.05) is 0 Å². The fourth-order valence-corrected chi connectivity index (χ4v) is 3.14. The minimum absolute atomic E-state index is 0.433. The number of primary amides is 1. The Morgan fingerprint density at radius 1 is 1.33 bits per heavy atom. The molecule has 2 rings (SSSR count). The number of anilines is 1. The summed E-state index contributed by atoms with van der Waals surface area (Å²) < 4.78 is 0. The van der Waals surface area contributed by atoms with Gasteiger partial charge in [0, 0.05) is 4.88 Å². The number of aliphatic carboxylic acids is 1. The molecule has 1 atom stereocenters. The maximum Gasteiger partial charge on any atom is 0.326 e. The van der Waals surface area contributed by atoms with Crippen molar-refractivity contribution in [3.63, 3.8) is 0 Å². The number of carboxylic acids is 1. The number of nitrogens with two attached hydrogens (primary N) is 1. The summed E-state index contributed by atoms with van der Waals surface area (Å²) in [6.07, 6.45) is 3.59. The smallest absolute Gasteiger partial charge is 0.326 e. The van der Waals surface area contributed by atoms with E-state index < -0.39 is 30.4 Å². The number of nitrogens with zero attached hydrogens (tertiary/aromatic N) is 1. The van der Waals surface area contributed by atoms with Gasteiger partial charge in [-0.2, -0.15) is 0 Å². The number of aromatic nitrogens is 1. The number of hydrogen-bond donors (Lipinski definition) is 4. The molecule has 1 aliphatic carbocycles. The molecule has 0 unspecified atom stereocenters. The standard InChI is InChI=1S/C12H16N4O4S/c13-9(17)5-7(10(18)19)14-11(20)16-12-15-6-3-1-2-4-8(6)21-12/h7H,1-5H2,(H2,13,17)(H,18,19)(H2,14,15,16,20)/t7-/m0/s1. The highest BCUT2D eigenvalue weighted by molar-refractivity contribution is 7.15. The van der Waals surface area contributed by atoms with Gasteiger partial charge in [-0.05, 0) is 25.7 Å². The van der Waals surface area contributed by atoms with Gasteiger partial charge in [0.25, 0.3) is 0 Å². The van der Waals surface area contributed by atoms with Gasteiger partial charge in [-0.1, -0.05) is 0 Å².